The molecule has 4 rings (SSSR count). The molecule has 2 aromatic heterocycles. The van der Waals surface area contributed by atoms with Crippen molar-refractivity contribution in [2.75, 3.05) is 30.4 Å². The highest BCUT2D eigenvalue weighted by Gasteiger charge is 2.45. The van der Waals surface area contributed by atoms with Gasteiger partial charge in [0.2, 0.25) is 5.28 Å². The van der Waals surface area contributed by atoms with Crippen molar-refractivity contribution in [2.45, 2.75) is 37.4 Å². The van der Waals surface area contributed by atoms with Crippen LogP contribution in [-0.4, -0.2) is 88.3 Å². The first-order chi connectivity index (χ1) is 15.0. The first-order valence-corrected chi connectivity index (χ1v) is 13.8. The number of ether oxygens (including phenoxy) is 1. The van der Waals surface area contributed by atoms with Crippen molar-refractivity contribution in [1.29, 1.82) is 0 Å². The Kier molecular flexibility index (Phi) is 6.65. The predicted octanol–water partition coefficient (Wildman–Crippen LogP) is -0.391. The normalized spacial score (nSPS) is 28.5. The van der Waals surface area contributed by atoms with Gasteiger partial charge in [-0.25, -0.2) is 10.1 Å². The van der Waals surface area contributed by atoms with Crippen LogP contribution < -0.4 is 9.99 Å². The number of aliphatic hydroxyl groups excluding tert-OH is 2. The van der Waals surface area contributed by atoms with Gasteiger partial charge in [-0.3, -0.25) is 13.7 Å². The fourth-order valence-corrected chi connectivity index (χ4v) is 6.89. The second-order valence-electron chi connectivity index (χ2n) is 7.75. The summed E-state index contributed by atoms with van der Waals surface area (Å²) in [7, 11) is -9.15. The topological polar surface area (TPSA) is 203 Å². The highest BCUT2D eigenvalue weighted by Crippen LogP contribution is 2.52. The van der Waals surface area contributed by atoms with Gasteiger partial charge in [-0.05, 0) is 24.4 Å². The van der Waals surface area contributed by atoms with Gasteiger partial charge in [0.15, 0.2) is 23.2 Å². The molecule has 14 nitrogen and oxygen atoms in total. The Morgan fingerprint density at radius 1 is 1.16 bits per heavy atom. The maximum Gasteiger partial charge on any atom is 0.336 e. The lowest BCUT2D eigenvalue weighted by atomic mass is 10.1. The number of rotatable bonds is 7. The molecule has 0 spiro atoms. The van der Waals surface area contributed by atoms with Gasteiger partial charge in [-0.2, -0.15) is 9.97 Å². The van der Waals surface area contributed by atoms with E-state index in [0.717, 1.165) is 25.9 Å². The van der Waals surface area contributed by atoms with Gasteiger partial charge in [-0.15, -0.1) is 0 Å². The van der Waals surface area contributed by atoms with E-state index < -0.39 is 52.1 Å². The van der Waals surface area contributed by atoms with Crippen molar-refractivity contribution in [2.24, 2.45) is 0 Å². The van der Waals surface area contributed by atoms with Crippen molar-refractivity contribution in [3.63, 3.8) is 0 Å². The Bertz CT molecular complexity index is 1090. The maximum atomic E-state index is 12.0. The van der Waals surface area contributed by atoms with Gasteiger partial charge in [0.05, 0.1) is 6.33 Å². The minimum Gasteiger partial charge on any atom is -0.387 e. The van der Waals surface area contributed by atoms with E-state index in [2.05, 4.69) is 20.0 Å². The standard InChI is InChI=1S/C15H23ClN6O8P2/c16-15-19-12(21-3-1-2-4-21)9-13(20-15)22(6-17-9)14-11(24)10(23)8(30-14)5-18-31(25,26)7-32(27,28)29/h6,8,10-11,14,23-24H,1-5,7H2,(H2,18,25,26)(H2,27,28,29)/t8-,10?,11?,14-/m1/s1. The second-order valence-corrected chi connectivity index (χ2v) is 12.3. The van der Waals surface area contributed by atoms with Crippen LogP contribution in [0.15, 0.2) is 6.33 Å². The molecule has 0 amide bonds. The molecule has 17 heteroatoms. The molecule has 2 saturated heterocycles. The molecule has 2 fully saturated rings. The molecule has 0 saturated carbocycles. The van der Waals surface area contributed by atoms with Crippen LogP contribution in [0.25, 0.3) is 11.2 Å². The molecular formula is C15H23ClN6O8P2. The summed E-state index contributed by atoms with van der Waals surface area (Å²) in [4.78, 5) is 42.4. The van der Waals surface area contributed by atoms with Crippen LogP contribution in [0.1, 0.15) is 19.1 Å². The van der Waals surface area contributed by atoms with E-state index in [1.807, 2.05) is 4.90 Å². The summed E-state index contributed by atoms with van der Waals surface area (Å²) in [6.07, 6.45) is -1.81. The molecule has 0 aromatic carbocycles. The fraction of sp³-hybridized carbons (Fsp3) is 0.667. The highest BCUT2D eigenvalue weighted by molar-refractivity contribution is 7.71. The van der Waals surface area contributed by atoms with Crippen LogP contribution in [0.4, 0.5) is 5.82 Å². The number of hydrogen-bond acceptors (Lipinski definition) is 9. The fourth-order valence-electron chi connectivity index (χ4n) is 3.87. The van der Waals surface area contributed by atoms with Crippen LogP contribution in [-0.2, 0) is 13.9 Å². The third-order valence-electron chi connectivity index (χ3n) is 5.31. The van der Waals surface area contributed by atoms with E-state index in [9.17, 15) is 24.2 Å². The smallest absolute Gasteiger partial charge is 0.336 e. The Labute approximate surface area is 186 Å². The largest absolute Gasteiger partial charge is 0.387 e. The SMILES string of the molecule is O=P(O)(O)CP(=O)(O)NC[C@H]1O[C@@H](n2cnc3c(N4CCCC4)nc(Cl)nc32)C(O)C1O. The molecule has 178 valence electrons. The second kappa shape index (κ2) is 8.88. The summed E-state index contributed by atoms with van der Waals surface area (Å²) in [5.74, 6) is -0.712. The molecule has 4 heterocycles. The predicted molar refractivity (Wildman–Crippen MR) is 112 cm³/mol. The zero-order valence-electron chi connectivity index (χ0n) is 16.6. The summed E-state index contributed by atoms with van der Waals surface area (Å²) < 4.78 is 30.0. The van der Waals surface area contributed by atoms with Crippen molar-refractivity contribution in [1.82, 2.24) is 24.6 Å². The lowest BCUT2D eigenvalue weighted by Gasteiger charge is -2.19. The van der Waals surface area contributed by atoms with Gasteiger partial charge in [-0.1, -0.05) is 0 Å². The number of halogens is 1. The zero-order valence-corrected chi connectivity index (χ0v) is 19.1. The monoisotopic (exact) mass is 512 g/mol. The van der Waals surface area contributed by atoms with Crippen LogP contribution in [0.3, 0.4) is 0 Å². The number of nitrogens with one attached hydrogen (secondary N) is 1. The Balaban J connectivity index is 1.55. The summed E-state index contributed by atoms with van der Waals surface area (Å²) in [6.45, 7) is 1.14. The summed E-state index contributed by atoms with van der Waals surface area (Å²) in [6, 6.07) is 0. The molecule has 0 bridgehead atoms. The number of fused-ring (bicyclic) bond motifs is 1. The van der Waals surface area contributed by atoms with Crippen LogP contribution >= 0.6 is 26.7 Å². The molecule has 3 unspecified atom stereocenters. The number of aromatic nitrogens is 4. The van der Waals surface area contributed by atoms with Crippen molar-refractivity contribution < 1.29 is 38.8 Å². The maximum absolute atomic E-state index is 12.0. The van der Waals surface area contributed by atoms with Gasteiger partial charge in [0.25, 0.3) is 7.52 Å². The van der Waals surface area contributed by atoms with E-state index in [1.54, 1.807) is 0 Å². The van der Waals surface area contributed by atoms with Gasteiger partial charge < -0.3 is 34.5 Å². The van der Waals surface area contributed by atoms with E-state index in [4.69, 9.17) is 26.1 Å². The van der Waals surface area contributed by atoms with Crippen molar-refractivity contribution in [3.8, 4) is 0 Å². The molecular weight excluding hydrogens is 490 g/mol. The molecule has 6 N–H and O–H groups in total. The summed E-state index contributed by atoms with van der Waals surface area (Å²) >= 11 is 6.11. The quantitative estimate of drug-likeness (QED) is 0.207. The Hall–Kier alpha value is -1.18. The third-order valence-corrected chi connectivity index (χ3v) is 9.16. The molecule has 5 atom stereocenters. The van der Waals surface area contributed by atoms with Crippen LogP contribution in [0.2, 0.25) is 5.28 Å². The molecule has 2 aliphatic heterocycles. The lowest BCUT2D eigenvalue weighted by Crippen LogP contribution is -2.37. The summed E-state index contributed by atoms with van der Waals surface area (Å²) in [5.41, 5.74) is 0.732. The number of anilines is 1. The van der Waals surface area contributed by atoms with Gasteiger partial charge >= 0.3 is 7.60 Å². The first kappa shape index (κ1) is 24.0. The van der Waals surface area contributed by atoms with Crippen LogP contribution in [0, 0.1) is 0 Å². The number of hydrogen-bond donors (Lipinski definition) is 6. The average molecular weight is 513 g/mol. The van der Waals surface area contributed by atoms with Crippen molar-refractivity contribution in [3.05, 3.63) is 11.6 Å². The highest BCUT2D eigenvalue weighted by atomic mass is 35.5. The molecule has 32 heavy (non-hydrogen) atoms. The van der Waals surface area contributed by atoms with Gasteiger partial charge in [0, 0.05) is 19.6 Å². The van der Waals surface area contributed by atoms with E-state index in [0.29, 0.717) is 11.3 Å². The van der Waals surface area contributed by atoms with Crippen molar-refractivity contribution >= 4 is 43.7 Å². The van der Waals surface area contributed by atoms with E-state index in [1.165, 1.54) is 10.9 Å². The molecule has 2 aliphatic rings. The molecule has 0 radical (unpaired) electrons. The lowest BCUT2D eigenvalue weighted by molar-refractivity contribution is -0.0331. The minimum absolute atomic E-state index is 0.0222. The Morgan fingerprint density at radius 2 is 1.84 bits per heavy atom. The molecule has 0 aliphatic carbocycles. The first-order valence-electron chi connectivity index (χ1n) is 9.73. The summed E-state index contributed by atoms with van der Waals surface area (Å²) in [5, 5.41) is 23.0. The zero-order chi connectivity index (χ0) is 23.3. The number of aliphatic hydroxyl groups is 2. The number of nitrogens with zero attached hydrogens (tertiary/aromatic N) is 5. The average Bonchev–Trinajstić information content (AvgIpc) is 3.39. The number of imidazole rings is 1. The van der Waals surface area contributed by atoms with E-state index >= 15 is 0 Å². The van der Waals surface area contributed by atoms with E-state index in [-0.39, 0.29) is 10.9 Å². The third kappa shape index (κ3) is 5.00. The van der Waals surface area contributed by atoms with Crippen LogP contribution in [0.5, 0.6) is 0 Å². The minimum atomic E-state index is -4.75. The molecule has 2 aromatic rings. The van der Waals surface area contributed by atoms with Gasteiger partial charge in [0.1, 0.15) is 24.2 Å². The Morgan fingerprint density at radius 3 is 2.50 bits per heavy atom.